The van der Waals surface area contributed by atoms with Crippen molar-refractivity contribution in [2.75, 3.05) is 57.9 Å². The van der Waals surface area contributed by atoms with Gasteiger partial charge in [0.1, 0.15) is 5.82 Å². The number of halogens is 1. The van der Waals surface area contributed by atoms with Gasteiger partial charge in [0, 0.05) is 62.6 Å². The molecule has 9 nitrogen and oxygen atoms in total. The summed E-state index contributed by atoms with van der Waals surface area (Å²) < 4.78 is 12.8. The van der Waals surface area contributed by atoms with E-state index >= 15 is 0 Å². The Morgan fingerprint density at radius 1 is 1.10 bits per heavy atom. The summed E-state index contributed by atoms with van der Waals surface area (Å²) in [7, 11) is 2.03. The summed E-state index contributed by atoms with van der Waals surface area (Å²) >= 11 is 0. The van der Waals surface area contributed by atoms with Crippen LogP contribution in [0.25, 0.3) is 0 Å². The molecule has 1 saturated carbocycles. The number of nitrogens with one attached hydrogen (secondary N) is 1. The van der Waals surface area contributed by atoms with Gasteiger partial charge in [-0.05, 0) is 68.4 Å². The van der Waals surface area contributed by atoms with Crippen LogP contribution in [0.5, 0.6) is 0 Å². The van der Waals surface area contributed by atoms with Crippen LogP contribution in [-0.2, 0) is 4.79 Å². The standard InChI is InChI=1S/C16H24N6O2.C15H20FN/c1-20-8-10-21(11-9-20)15(23)12-19-16(24)13-2-4-14(5-3-13)22(18)7-6-17;1-3-9-17(10-4-2)15-11-14(15)12-5-7-13(16)8-6-12/h2-7H,8-12,17-18H2,1H3,(H,19,24);3,5-8,14-15H,1,4,9-11H2,2H3/b7-6-;. The van der Waals surface area contributed by atoms with E-state index in [2.05, 4.69) is 28.6 Å². The van der Waals surface area contributed by atoms with Crippen molar-refractivity contribution in [3.05, 3.63) is 90.5 Å². The molecular formula is C31H44FN7O2. The van der Waals surface area contributed by atoms with Crippen LogP contribution in [0.15, 0.2) is 73.6 Å². The molecule has 0 aromatic heterocycles. The molecule has 2 amide bonds. The van der Waals surface area contributed by atoms with Gasteiger partial charge in [-0.1, -0.05) is 25.1 Å². The van der Waals surface area contributed by atoms with Crippen molar-refractivity contribution in [3.8, 4) is 0 Å². The first kappa shape index (κ1) is 31.8. The lowest BCUT2D eigenvalue weighted by molar-refractivity contribution is -0.131. The number of nitrogens with zero attached hydrogens (tertiary/aromatic N) is 4. The van der Waals surface area contributed by atoms with Crippen LogP contribution in [0.1, 0.15) is 41.6 Å². The van der Waals surface area contributed by atoms with Crippen LogP contribution >= 0.6 is 0 Å². The second-order valence-electron chi connectivity index (χ2n) is 10.4. The fourth-order valence-electron chi connectivity index (χ4n) is 4.89. The lowest BCUT2D eigenvalue weighted by Crippen LogP contribution is -2.50. The predicted molar refractivity (Wildman–Crippen MR) is 162 cm³/mol. The Labute approximate surface area is 243 Å². The maximum absolute atomic E-state index is 12.8. The lowest BCUT2D eigenvalue weighted by atomic mass is 10.1. The zero-order chi connectivity index (χ0) is 29.8. The molecule has 1 aliphatic heterocycles. The van der Waals surface area contributed by atoms with Crippen molar-refractivity contribution in [2.24, 2.45) is 11.6 Å². The molecule has 41 heavy (non-hydrogen) atoms. The molecule has 1 aliphatic carbocycles. The highest BCUT2D eigenvalue weighted by Gasteiger charge is 2.41. The lowest BCUT2D eigenvalue weighted by Gasteiger charge is -2.32. The van der Waals surface area contributed by atoms with Crippen LogP contribution in [0.2, 0.25) is 0 Å². The molecule has 2 atom stereocenters. The third-order valence-corrected chi connectivity index (χ3v) is 7.33. The molecule has 4 rings (SSSR count). The van der Waals surface area contributed by atoms with E-state index in [0.29, 0.717) is 36.3 Å². The Kier molecular flexibility index (Phi) is 12.3. The van der Waals surface area contributed by atoms with Crippen molar-refractivity contribution < 1.29 is 14.0 Å². The maximum Gasteiger partial charge on any atom is 0.251 e. The SMILES string of the molecule is C=CCN(CCC)C1CC1c1ccc(F)cc1.CN1CCN(C(=O)CNC(=O)c2ccc(N(N)/C=C\N)cc2)CC1. The molecule has 1 saturated heterocycles. The van der Waals surface area contributed by atoms with Gasteiger partial charge < -0.3 is 20.9 Å². The van der Waals surface area contributed by atoms with Crippen molar-refractivity contribution in [2.45, 2.75) is 31.7 Å². The minimum atomic E-state index is -0.290. The predicted octanol–water partition coefficient (Wildman–Crippen LogP) is 2.88. The highest BCUT2D eigenvalue weighted by Crippen LogP contribution is 2.44. The Morgan fingerprint density at radius 2 is 1.76 bits per heavy atom. The third-order valence-electron chi connectivity index (χ3n) is 7.33. The summed E-state index contributed by atoms with van der Waals surface area (Å²) in [5.41, 5.74) is 7.71. The number of carbonyl (C=O) groups is 2. The minimum absolute atomic E-state index is 0.00320. The van der Waals surface area contributed by atoms with Crippen molar-refractivity contribution in [1.82, 2.24) is 20.0 Å². The van der Waals surface area contributed by atoms with E-state index in [1.54, 1.807) is 41.3 Å². The Morgan fingerprint density at radius 3 is 2.34 bits per heavy atom. The monoisotopic (exact) mass is 565 g/mol. The number of amides is 2. The van der Waals surface area contributed by atoms with Crippen LogP contribution in [-0.4, -0.2) is 85.4 Å². The molecular weight excluding hydrogens is 521 g/mol. The van der Waals surface area contributed by atoms with Gasteiger partial charge in [-0.3, -0.25) is 19.5 Å². The van der Waals surface area contributed by atoms with Gasteiger partial charge in [-0.25, -0.2) is 10.2 Å². The highest BCUT2D eigenvalue weighted by molar-refractivity contribution is 5.96. The molecule has 1 heterocycles. The Hall–Kier alpha value is -3.73. The number of anilines is 1. The zero-order valence-corrected chi connectivity index (χ0v) is 24.2. The van der Waals surface area contributed by atoms with E-state index < -0.39 is 0 Å². The number of hydrazine groups is 1. The third kappa shape index (κ3) is 9.70. The first-order valence-electron chi connectivity index (χ1n) is 14.1. The molecule has 2 fully saturated rings. The number of piperazine rings is 1. The second-order valence-corrected chi connectivity index (χ2v) is 10.4. The molecule has 2 aromatic rings. The van der Waals surface area contributed by atoms with E-state index in [1.165, 1.54) is 35.8 Å². The molecule has 0 bridgehead atoms. The highest BCUT2D eigenvalue weighted by atomic mass is 19.1. The van der Waals surface area contributed by atoms with Gasteiger partial charge >= 0.3 is 0 Å². The zero-order valence-electron chi connectivity index (χ0n) is 24.2. The number of benzene rings is 2. The van der Waals surface area contributed by atoms with E-state index in [4.69, 9.17) is 11.6 Å². The number of hydrogen-bond donors (Lipinski definition) is 3. The maximum atomic E-state index is 12.8. The fourth-order valence-corrected chi connectivity index (χ4v) is 4.89. The van der Waals surface area contributed by atoms with Gasteiger partial charge in [0.2, 0.25) is 5.91 Å². The van der Waals surface area contributed by atoms with E-state index in [-0.39, 0.29) is 24.2 Å². The van der Waals surface area contributed by atoms with Gasteiger partial charge in [0.25, 0.3) is 5.91 Å². The first-order chi connectivity index (χ1) is 19.8. The van der Waals surface area contributed by atoms with Gasteiger partial charge in [-0.2, -0.15) is 0 Å². The smallest absolute Gasteiger partial charge is 0.251 e. The van der Waals surface area contributed by atoms with Crippen LogP contribution in [0.4, 0.5) is 10.1 Å². The molecule has 10 heteroatoms. The van der Waals surface area contributed by atoms with Gasteiger partial charge in [0.05, 0.1) is 12.2 Å². The molecule has 222 valence electrons. The molecule has 2 unspecified atom stereocenters. The molecule has 2 aliphatic rings. The van der Waals surface area contributed by atoms with Crippen LogP contribution in [0, 0.1) is 5.82 Å². The average molecular weight is 566 g/mol. The number of nitrogens with two attached hydrogens (primary N) is 2. The van der Waals surface area contributed by atoms with Crippen molar-refractivity contribution in [3.63, 3.8) is 0 Å². The number of rotatable bonds is 11. The summed E-state index contributed by atoms with van der Waals surface area (Å²) in [5, 5.41) is 4.00. The normalized spacial score (nSPS) is 18.5. The summed E-state index contributed by atoms with van der Waals surface area (Å²) in [4.78, 5) is 30.6. The topological polar surface area (TPSA) is 111 Å². The Balaban J connectivity index is 0.000000239. The van der Waals surface area contributed by atoms with E-state index in [9.17, 15) is 14.0 Å². The minimum Gasteiger partial charge on any atom is -0.403 e. The molecule has 0 spiro atoms. The summed E-state index contributed by atoms with van der Waals surface area (Å²) in [6, 6.07) is 14.3. The van der Waals surface area contributed by atoms with E-state index in [0.717, 1.165) is 26.2 Å². The van der Waals surface area contributed by atoms with Crippen LogP contribution < -0.4 is 21.9 Å². The largest absolute Gasteiger partial charge is 0.403 e. The van der Waals surface area contributed by atoms with Crippen LogP contribution in [0.3, 0.4) is 0 Å². The van der Waals surface area contributed by atoms with Crippen molar-refractivity contribution >= 4 is 17.5 Å². The fraction of sp³-hybridized carbons (Fsp3) is 0.419. The molecule has 2 aromatic carbocycles. The summed E-state index contributed by atoms with van der Waals surface area (Å²) in [5.74, 6) is 5.82. The number of hydrogen-bond acceptors (Lipinski definition) is 7. The van der Waals surface area contributed by atoms with Gasteiger partial charge in [-0.15, -0.1) is 6.58 Å². The number of likely N-dealkylation sites (N-methyl/N-ethyl adjacent to an activating group) is 1. The summed E-state index contributed by atoms with van der Waals surface area (Å²) in [6.45, 7) is 11.2. The van der Waals surface area contributed by atoms with Crippen molar-refractivity contribution in [1.29, 1.82) is 0 Å². The van der Waals surface area contributed by atoms with Gasteiger partial charge in [0.15, 0.2) is 0 Å². The molecule has 0 radical (unpaired) electrons. The average Bonchev–Trinajstić information content (AvgIpc) is 3.78. The summed E-state index contributed by atoms with van der Waals surface area (Å²) in [6.07, 6.45) is 7.16. The second kappa shape index (κ2) is 15.9. The Bertz CT molecular complexity index is 1150. The first-order valence-corrected chi connectivity index (χ1v) is 14.1. The quantitative estimate of drug-likeness (QED) is 0.218. The van der Waals surface area contributed by atoms with E-state index in [1.807, 2.05) is 25.3 Å². The number of carbonyl (C=O) groups excluding carboxylic acids is 2. The molecule has 5 N–H and O–H groups in total.